The second-order valence-corrected chi connectivity index (χ2v) is 16.9. The van der Waals surface area contributed by atoms with E-state index in [1.54, 1.807) is 0 Å². The number of hydrogen-bond donors (Lipinski definition) is 0. The molecular formula is C48H65N7. The zero-order valence-electron chi connectivity index (χ0n) is 36.2. The largest absolute Gasteiger partial charge is 0.307 e. The lowest BCUT2D eigenvalue weighted by Crippen LogP contribution is -2.38. The maximum Gasteiger partial charge on any atom is 0.171 e. The van der Waals surface area contributed by atoms with Crippen molar-refractivity contribution in [3.05, 3.63) is 119 Å². The minimum atomic E-state index is -0.361. The number of imidazole rings is 1. The SMILES string of the molecule is CC(=Nc1c(C(C)C)cccc1C(C)C)N1C=CN(C(C)=Nc2c(C(C)C)cccc2C(C)C)C1c1nccn1C(C)=Nc1c(C(C)C)cccc1C(C)C. The summed E-state index contributed by atoms with van der Waals surface area (Å²) in [6.45, 7) is 33.2. The highest BCUT2D eigenvalue weighted by atomic mass is 15.4. The molecule has 7 heteroatoms. The maximum atomic E-state index is 5.46. The van der Waals surface area contributed by atoms with Gasteiger partial charge in [0.1, 0.15) is 17.5 Å². The predicted molar refractivity (Wildman–Crippen MR) is 235 cm³/mol. The fourth-order valence-corrected chi connectivity index (χ4v) is 7.62. The van der Waals surface area contributed by atoms with Gasteiger partial charge in [-0.05, 0) is 89.7 Å². The Balaban J connectivity index is 1.72. The van der Waals surface area contributed by atoms with Crippen LogP contribution in [0.15, 0.2) is 94.4 Å². The standard InChI is InChI=1S/C48H65N7/c1-29(2)38-19-16-20-39(30(3)4)44(38)50-35(13)53-26-25-49-47(53)48-54(36(14)51-45-40(31(5)6)21-17-22-41(45)32(7)8)27-28-55(48)37(15)52-46-42(33(9)10)23-18-24-43(46)34(11)12/h16-34,48H,1-15H3. The van der Waals surface area contributed by atoms with Gasteiger partial charge in [0.15, 0.2) is 12.0 Å². The lowest BCUT2D eigenvalue weighted by atomic mass is 9.93. The van der Waals surface area contributed by atoms with E-state index >= 15 is 0 Å². The first-order valence-corrected chi connectivity index (χ1v) is 20.4. The van der Waals surface area contributed by atoms with Crippen LogP contribution < -0.4 is 0 Å². The fourth-order valence-electron chi connectivity index (χ4n) is 7.62. The van der Waals surface area contributed by atoms with Crippen LogP contribution >= 0.6 is 0 Å². The quantitative estimate of drug-likeness (QED) is 0.120. The first kappa shape index (κ1) is 41.4. The minimum absolute atomic E-state index is 0.333. The molecule has 55 heavy (non-hydrogen) atoms. The van der Waals surface area contributed by atoms with E-state index in [1.807, 2.05) is 12.4 Å². The van der Waals surface area contributed by atoms with E-state index in [4.69, 9.17) is 20.0 Å². The average molecular weight is 740 g/mol. The van der Waals surface area contributed by atoms with Gasteiger partial charge < -0.3 is 9.80 Å². The smallest absolute Gasteiger partial charge is 0.171 e. The molecule has 0 bridgehead atoms. The third kappa shape index (κ3) is 8.71. The zero-order valence-corrected chi connectivity index (χ0v) is 36.2. The highest BCUT2D eigenvalue weighted by molar-refractivity contribution is 5.90. The van der Waals surface area contributed by atoms with Gasteiger partial charge in [0.05, 0.1) is 17.1 Å². The first-order valence-electron chi connectivity index (χ1n) is 20.4. The van der Waals surface area contributed by atoms with Gasteiger partial charge >= 0.3 is 0 Å². The number of aromatic nitrogens is 2. The third-order valence-electron chi connectivity index (χ3n) is 10.8. The molecule has 0 aliphatic carbocycles. The molecule has 0 amide bonds. The van der Waals surface area contributed by atoms with Crippen molar-refractivity contribution in [1.82, 2.24) is 19.4 Å². The van der Waals surface area contributed by atoms with Crippen LogP contribution in [-0.4, -0.2) is 36.9 Å². The van der Waals surface area contributed by atoms with Gasteiger partial charge in [-0.3, -0.25) is 4.57 Å². The molecule has 0 fully saturated rings. The maximum absolute atomic E-state index is 5.46. The zero-order chi connectivity index (χ0) is 40.3. The van der Waals surface area contributed by atoms with Gasteiger partial charge in [0, 0.05) is 24.8 Å². The Kier molecular flexibility index (Phi) is 13.1. The minimum Gasteiger partial charge on any atom is -0.307 e. The molecule has 0 saturated carbocycles. The van der Waals surface area contributed by atoms with Crippen molar-refractivity contribution in [3.8, 4) is 0 Å². The summed E-state index contributed by atoms with van der Waals surface area (Å²) < 4.78 is 2.14. The summed E-state index contributed by atoms with van der Waals surface area (Å²) >= 11 is 0. The van der Waals surface area contributed by atoms with E-state index in [0.717, 1.165) is 40.4 Å². The molecule has 292 valence electrons. The molecule has 0 saturated heterocycles. The van der Waals surface area contributed by atoms with Crippen molar-refractivity contribution < 1.29 is 0 Å². The normalized spacial score (nSPS) is 15.8. The van der Waals surface area contributed by atoms with Crippen molar-refractivity contribution in [2.24, 2.45) is 15.0 Å². The molecule has 0 atom stereocenters. The summed E-state index contributed by atoms with van der Waals surface area (Å²) in [7, 11) is 0. The van der Waals surface area contributed by atoms with Crippen molar-refractivity contribution in [1.29, 1.82) is 0 Å². The molecule has 0 radical (unpaired) electrons. The number of rotatable bonds is 10. The number of hydrogen-bond acceptors (Lipinski definition) is 4. The summed E-state index contributed by atoms with van der Waals surface area (Å²) in [4.78, 5) is 25.9. The third-order valence-corrected chi connectivity index (χ3v) is 10.8. The fraction of sp³-hybridized carbons (Fsp3) is 0.458. The van der Waals surface area contributed by atoms with E-state index in [1.165, 1.54) is 33.4 Å². The summed E-state index contributed by atoms with van der Waals surface area (Å²) in [5, 5.41) is 0. The van der Waals surface area contributed by atoms with Crippen LogP contribution in [0.25, 0.3) is 0 Å². The van der Waals surface area contributed by atoms with Crippen LogP contribution in [0.1, 0.15) is 185 Å². The predicted octanol–water partition coefficient (Wildman–Crippen LogP) is 13.8. The van der Waals surface area contributed by atoms with E-state index < -0.39 is 0 Å². The van der Waals surface area contributed by atoms with Crippen LogP contribution in [0.2, 0.25) is 0 Å². The second-order valence-electron chi connectivity index (χ2n) is 16.9. The summed E-state index contributed by atoms with van der Waals surface area (Å²) in [6.07, 6.45) is 7.81. The molecule has 1 aliphatic heterocycles. The van der Waals surface area contributed by atoms with E-state index in [-0.39, 0.29) is 6.17 Å². The van der Waals surface area contributed by atoms with Crippen molar-refractivity contribution in [3.63, 3.8) is 0 Å². The Morgan fingerprint density at radius 2 is 0.764 bits per heavy atom. The Labute approximate surface area is 332 Å². The highest BCUT2D eigenvalue weighted by Crippen LogP contribution is 2.40. The highest BCUT2D eigenvalue weighted by Gasteiger charge is 2.36. The van der Waals surface area contributed by atoms with Crippen LogP contribution in [0.5, 0.6) is 0 Å². The van der Waals surface area contributed by atoms with Crippen LogP contribution in [0.4, 0.5) is 17.1 Å². The number of amidine groups is 2. The lowest BCUT2D eigenvalue weighted by Gasteiger charge is -2.32. The van der Waals surface area contributed by atoms with Crippen LogP contribution in [0.3, 0.4) is 0 Å². The average Bonchev–Trinajstić information content (AvgIpc) is 3.79. The summed E-state index contributed by atoms with van der Waals surface area (Å²) in [6, 6.07) is 19.8. The number of aliphatic imine (C=N–C) groups is 3. The molecule has 0 N–H and O–H groups in total. The molecule has 0 spiro atoms. The number of nitrogens with zero attached hydrogens (tertiary/aromatic N) is 7. The Hall–Kier alpha value is -4.78. The molecule has 7 nitrogen and oxygen atoms in total. The summed E-state index contributed by atoms with van der Waals surface area (Å²) in [5.41, 5.74) is 10.7. The first-order chi connectivity index (χ1) is 26.0. The Bertz CT molecular complexity index is 1920. The molecule has 4 aromatic rings. The van der Waals surface area contributed by atoms with Crippen LogP contribution in [0, 0.1) is 0 Å². The van der Waals surface area contributed by atoms with Gasteiger partial charge in [-0.1, -0.05) is 138 Å². The van der Waals surface area contributed by atoms with E-state index in [9.17, 15) is 0 Å². The van der Waals surface area contributed by atoms with Gasteiger partial charge in [0.2, 0.25) is 0 Å². The summed E-state index contributed by atoms with van der Waals surface area (Å²) in [5.74, 6) is 5.47. The molecule has 3 aromatic carbocycles. The Morgan fingerprint density at radius 1 is 0.473 bits per heavy atom. The molecular weight excluding hydrogens is 675 g/mol. The molecule has 1 aliphatic rings. The second kappa shape index (κ2) is 17.3. The lowest BCUT2D eigenvalue weighted by molar-refractivity contribution is 0.278. The van der Waals surface area contributed by atoms with Gasteiger partial charge in [-0.2, -0.15) is 0 Å². The molecule has 0 unspecified atom stereocenters. The van der Waals surface area contributed by atoms with Crippen molar-refractivity contribution in [2.45, 2.75) is 146 Å². The number of para-hydroxylation sites is 3. The van der Waals surface area contributed by atoms with Gasteiger partial charge in [-0.15, -0.1) is 0 Å². The van der Waals surface area contributed by atoms with Crippen LogP contribution in [-0.2, 0) is 0 Å². The monoisotopic (exact) mass is 740 g/mol. The van der Waals surface area contributed by atoms with Crippen molar-refractivity contribution in [2.75, 3.05) is 0 Å². The topological polar surface area (TPSA) is 61.4 Å². The Morgan fingerprint density at radius 3 is 1.05 bits per heavy atom. The number of benzene rings is 3. The van der Waals surface area contributed by atoms with Gasteiger partial charge in [-0.25, -0.2) is 20.0 Å². The van der Waals surface area contributed by atoms with E-state index in [2.05, 4.69) is 185 Å². The van der Waals surface area contributed by atoms with Crippen molar-refractivity contribution >= 4 is 34.6 Å². The molecule has 2 heterocycles. The van der Waals surface area contributed by atoms with Gasteiger partial charge in [0.25, 0.3) is 0 Å². The molecule has 1 aromatic heterocycles. The molecule has 5 rings (SSSR count). The van der Waals surface area contributed by atoms with E-state index in [0.29, 0.717) is 35.5 Å².